The summed E-state index contributed by atoms with van der Waals surface area (Å²) in [7, 11) is -3.05. The standard InChI is InChI=1S/C8H13NO2S2/c1-2-6-13(10,11)9-7-8-4-3-5-12-8/h3-5,9H,2,6-7H2,1H3. The molecule has 13 heavy (non-hydrogen) atoms. The summed E-state index contributed by atoms with van der Waals surface area (Å²) in [5.74, 6) is 0.207. The molecule has 0 aliphatic heterocycles. The SMILES string of the molecule is CCCS(=O)(=O)NCc1cccs1. The highest BCUT2D eigenvalue weighted by Crippen LogP contribution is 2.07. The van der Waals surface area contributed by atoms with Crippen LogP contribution in [0, 0.1) is 0 Å². The molecule has 0 bridgehead atoms. The molecule has 0 saturated heterocycles. The van der Waals surface area contributed by atoms with Gasteiger partial charge in [0.15, 0.2) is 0 Å². The molecule has 1 N–H and O–H groups in total. The van der Waals surface area contributed by atoms with E-state index >= 15 is 0 Å². The molecule has 1 aromatic heterocycles. The zero-order valence-corrected chi connectivity index (χ0v) is 9.12. The molecule has 1 aromatic rings. The van der Waals surface area contributed by atoms with Gasteiger partial charge in [-0.05, 0) is 17.9 Å². The fraction of sp³-hybridized carbons (Fsp3) is 0.500. The third-order valence-electron chi connectivity index (χ3n) is 1.52. The molecule has 0 radical (unpaired) electrons. The summed E-state index contributed by atoms with van der Waals surface area (Å²) in [4.78, 5) is 1.04. The van der Waals surface area contributed by atoms with E-state index in [4.69, 9.17) is 0 Å². The molecule has 0 aromatic carbocycles. The number of sulfonamides is 1. The lowest BCUT2D eigenvalue weighted by Crippen LogP contribution is -2.25. The predicted octanol–water partition coefficient (Wildman–Crippen LogP) is 1.58. The molecule has 5 heteroatoms. The highest BCUT2D eigenvalue weighted by Gasteiger charge is 2.07. The Labute approximate surface area is 82.8 Å². The third kappa shape index (κ3) is 3.89. The second-order valence-electron chi connectivity index (χ2n) is 2.72. The maximum Gasteiger partial charge on any atom is 0.211 e. The van der Waals surface area contributed by atoms with Crippen LogP contribution in [0.3, 0.4) is 0 Å². The van der Waals surface area contributed by atoms with Gasteiger partial charge in [0.1, 0.15) is 0 Å². The van der Waals surface area contributed by atoms with Crippen LogP contribution in [-0.2, 0) is 16.6 Å². The summed E-state index contributed by atoms with van der Waals surface area (Å²) >= 11 is 1.55. The molecule has 0 unspecified atom stereocenters. The van der Waals surface area contributed by atoms with Crippen LogP contribution in [0.1, 0.15) is 18.2 Å². The van der Waals surface area contributed by atoms with E-state index in [-0.39, 0.29) is 5.75 Å². The third-order valence-corrected chi connectivity index (χ3v) is 3.93. The van der Waals surface area contributed by atoms with Crippen LogP contribution in [0.25, 0.3) is 0 Å². The molecule has 0 saturated carbocycles. The molecule has 0 aliphatic rings. The molecular weight excluding hydrogens is 206 g/mol. The van der Waals surface area contributed by atoms with Crippen LogP contribution in [0.4, 0.5) is 0 Å². The van der Waals surface area contributed by atoms with E-state index in [0.717, 1.165) is 4.88 Å². The lowest BCUT2D eigenvalue weighted by atomic mass is 10.5. The second kappa shape index (κ2) is 4.74. The summed E-state index contributed by atoms with van der Waals surface area (Å²) in [6.45, 7) is 2.27. The Morgan fingerprint density at radius 2 is 2.31 bits per heavy atom. The first-order valence-electron chi connectivity index (χ1n) is 4.14. The predicted molar refractivity (Wildman–Crippen MR) is 55.2 cm³/mol. The summed E-state index contributed by atoms with van der Waals surface area (Å²) in [6, 6.07) is 3.83. The van der Waals surface area contributed by atoms with E-state index in [1.165, 1.54) is 0 Å². The monoisotopic (exact) mass is 219 g/mol. The Bertz CT molecular complexity index is 329. The van der Waals surface area contributed by atoms with Crippen LogP contribution in [0.2, 0.25) is 0 Å². The van der Waals surface area contributed by atoms with Gasteiger partial charge in [-0.25, -0.2) is 13.1 Å². The van der Waals surface area contributed by atoms with Gasteiger partial charge in [-0.3, -0.25) is 0 Å². The molecule has 0 fully saturated rings. The topological polar surface area (TPSA) is 46.2 Å². The Morgan fingerprint density at radius 3 is 2.85 bits per heavy atom. The Morgan fingerprint density at radius 1 is 1.54 bits per heavy atom. The fourth-order valence-corrected chi connectivity index (χ4v) is 2.73. The average Bonchev–Trinajstić information content (AvgIpc) is 2.52. The molecule has 0 spiro atoms. The van der Waals surface area contributed by atoms with Crippen molar-refractivity contribution in [3.63, 3.8) is 0 Å². The first-order valence-corrected chi connectivity index (χ1v) is 6.67. The van der Waals surface area contributed by atoms with Crippen LogP contribution < -0.4 is 4.72 Å². The highest BCUT2D eigenvalue weighted by molar-refractivity contribution is 7.89. The van der Waals surface area contributed by atoms with Crippen molar-refractivity contribution in [1.29, 1.82) is 0 Å². The molecule has 0 atom stereocenters. The van der Waals surface area contributed by atoms with Crippen molar-refractivity contribution >= 4 is 21.4 Å². The van der Waals surface area contributed by atoms with Gasteiger partial charge in [-0.15, -0.1) is 11.3 Å². The zero-order chi connectivity index (χ0) is 9.73. The molecule has 0 aliphatic carbocycles. The maximum atomic E-state index is 11.2. The van der Waals surface area contributed by atoms with Crippen molar-refractivity contribution < 1.29 is 8.42 Å². The summed E-state index contributed by atoms with van der Waals surface area (Å²) in [5, 5.41) is 1.93. The average molecular weight is 219 g/mol. The lowest BCUT2D eigenvalue weighted by Gasteiger charge is -2.02. The van der Waals surface area contributed by atoms with Crippen LogP contribution >= 0.6 is 11.3 Å². The summed E-state index contributed by atoms with van der Waals surface area (Å²) in [5.41, 5.74) is 0. The Kier molecular flexibility index (Phi) is 3.90. The largest absolute Gasteiger partial charge is 0.212 e. The Hall–Kier alpha value is -0.390. The van der Waals surface area contributed by atoms with Gasteiger partial charge < -0.3 is 0 Å². The molecular formula is C8H13NO2S2. The van der Waals surface area contributed by atoms with E-state index in [9.17, 15) is 8.42 Å². The van der Waals surface area contributed by atoms with Crippen molar-refractivity contribution in [3.8, 4) is 0 Å². The van der Waals surface area contributed by atoms with Gasteiger partial charge in [-0.1, -0.05) is 13.0 Å². The maximum absolute atomic E-state index is 11.2. The molecule has 1 heterocycles. The number of thiophene rings is 1. The van der Waals surface area contributed by atoms with Crippen molar-refractivity contribution in [3.05, 3.63) is 22.4 Å². The summed E-state index contributed by atoms with van der Waals surface area (Å²) < 4.78 is 25.0. The first kappa shape index (κ1) is 10.7. The number of nitrogens with one attached hydrogen (secondary N) is 1. The van der Waals surface area contributed by atoms with Gasteiger partial charge in [-0.2, -0.15) is 0 Å². The first-order chi connectivity index (χ1) is 6.14. The van der Waals surface area contributed by atoms with E-state index in [1.807, 2.05) is 24.4 Å². The number of hydrogen-bond donors (Lipinski definition) is 1. The van der Waals surface area contributed by atoms with Crippen LogP contribution in [0.15, 0.2) is 17.5 Å². The van der Waals surface area contributed by atoms with Crippen molar-refractivity contribution in [2.24, 2.45) is 0 Å². The van der Waals surface area contributed by atoms with E-state index in [0.29, 0.717) is 13.0 Å². The lowest BCUT2D eigenvalue weighted by molar-refractivity contribution is 0.580. The second-order valence-corrected chi connectivity index (χ2v) is 5.68. The molecule has 0 amide bonds. The van der Waals surface area contributed by atoms with Crippen LogP contribution in [0.5, 0.6) is 0 Å². The van der Waals surface area contributed by atoms with Gasteiger partial charge in [0.25, 0.3) is 0 Å². The summed E-state index contributed by atoms with van der Waals surface area (Å²) in [6.07, 6.45) is 0.653. The molecule has 3 nitrogen and oxygen atoms in total. The van der Waals surface area contributed by atoms with Crippen molar-refractivity contribution in [1.82, 2.24) is 4.72 Å². The van der Waals surface area contributed by atoms with E-state index in [2.05, 4.69) is 4.72 Å². The van der Waals surface area contributed by atoms with Gasteiger partial charge >= 0.3 is 0 Å². The quantitative estimate of drug-likeness (QED) is 0.817. The molecule has 74 valence electrons. The molecule has 1 rings (SSSR count). The van der Waals surface area contributed by atoms with Crippen molar-refractivity contribution in [2.75, 3.05) is 5.75 Å². The van der Waals surface area contributed by atoms with Gasteiger partial charge in [0.05, 0.1) is 5.75 Å². The van der Waals surface area contributed by atoms with Crippen LogP contribution in [-0.4, -0.2) is 14.2 Å². The van der Waals surface area contributed by atoms with Gasteiger partial charge in [0, 0.05) is 11.4 Å². The smallest absolute Gasteiger partial charge is 0.211 e. The van der Waals surface area contributed by atoms with E-state index < -0.39 is 10.0 Å². The Balaban J connectivity index is 2.43. The van der Waals surface area contributed by atoms with Gasteiger partial charge in [0.2, 0.25) is 10.0 Å². The van der Waals surface area contributed by atoms with E-state index in [1.54, 1.807) is 11.3 Å². The minimum Gasteiger partial charge on any atom is -0.212 e. The fourth-order valence-electron chi connectivity index (χ4n) is 0.935. The van der Waals surface area contributed by atoms with Crippen molar-refractivity contribution in [2.45, 2.75) is 19.9 Å². The number of hydrogen-bond acceptors (Lipinski definition) is 3. The minimum atomic E-state index is -3.05. The zero-order valence-electron chi connectivity index (χ0n) is 7.49. The number of rotatable bonds is 5. The highest BCUT2D eigenvalue weighted by atomic mass is 32.2. The normalized spacial score (nSPS) is 11.8. The minimum absolute atomic E-state index is 0.207.